The van der Waals surface area contributed by atoms with E-state index in [1.807, 2.05) is 24.3 Å². The van der Waals surface area contributed by atoms with Crippen molar-refractivity contribution in [3.8, 4) is 11.1 Å². The maximum atomic E-state index is 13.1. The lowest BCUT2D eigenvalue weighted by Gasteiger charge is -2.28. The molecule has 1 saturated carbocycles. The second-order valence-electron chi connectivity index (χ2n) is 7.59. The number of hydrogen-bond donors (Lipinski definition) is 1. The number of benzene rings is 2. The van der Waals surface area contributed by atoms with Crippen LogP contribution in [-0.2, 0) is 9.53 Å². The molecule has 2 aliphatic carbocycles. The molecule has 0 bridgehead atoms. The van der Waals surface area contributed by atoms with E-state index in [1.54, 1.807) is 5.51 Å². The first kappa shape index (κ1) is 18.8. The summed E-state index contributed by atoms with van der Waals surface area (Å²) in [6.45, 7) is 0.172. The van der Waals surface area contributed by atoms with Crippen LogP contribution in [0.3, 0.4) is 0 Å². The third kappa shape index (κ3) is 3.25. The van der Waals surface area contributed by atoms with Gasteiger partial charge >= 0.3 is 12.1 Å². The summed E-state index contributed by atoms with van der Waals surface area (Å²) in [4.78, 5) is 31.0. The number of carboxylic acid groups (broad SMARTS) is 1. The standard InChI is InChI=1S/C23H20N2O4S/c26-22(27)21(20-11-24-13-30-20)25(14-9-10-14)23(28)29-12-19-17-7-3-1-5-15(17)16-6-2-4-8-18(16)19/h1-8,11,13-14,19,21H,9-10,12H2,(H,26,27). The highest BCUT2D eigenvalue weighted by atomic mass is 32.1. The summed E-state index contributed by atoms with van der Waals surface area (Å²) >= 11 is 1.23. The van der Waals surface area contributed by atoms with Crippen molar-refractivity contribution < 1.29 is 19.4 Å². The smallest absolute Gasteiger partial charge is 0.411 e. The number of ether oxygens (including phenoxy) is 1. The molecule has 1 heterocycles. The highest BCUT2D eigenvalue weighted by Gasteiger charge is 2.43. The van der Waals surface area contributed by atoms with Gasteiger partial charge in [-0.15, -0.1) is 11.3 Å². The molecule has 1 atom stereocenters. The molecule has 2 aliphatic rings. The summed E-state index contributed by atoms with van der Waals surface area (Å²) in [7, 11) is 0. The van der Waals surface area contributed by atoms with Crippen molar-refractivity contribution in [1.29, 1.82) is 0 Å². The highest BCUT2D eigenvalue weighted by molar-refractivity contribution is 7.09. The van der Waals surface area contributed by atoms with Crippen LogP contribution in [0, 0.1) is 0 Å². The van der Waals surface area contributed by atoms with E-state index < -0.39 is 18.1 Å². The average Bonchev–Trinajstić information content (AvgIpc) is 3.34. The van der Waals surface area contributed by atoms with E-state index in [1.165, 1.54) is 22.4 Å². The van der Waals surface area contributed by atoms with Gasteiger partial charge in [-0.2, -0.15) is 0 Å². The van der Waals surface area contributed by atoms with Gasteiger partial charge in [0.25, 0.3) is 0 Å². The second kappa shape index (κ2) is 7.57. The van der Waals surface area contributed by atoms with E-state index in [-0.39, 0.29) is 18.6 Å². The molecule has 2 aromatic carbocycles. The van der Waals surface area contributed by atoms with Gasteiger partial charge in [0.2, 0.25) is 0 Å². The zero-order chi connectivity index (χ0) is 20.7. The van der Waals surface area contributed by atoms with E-state index in [4.69, 9.17) is 4.74 Å². The molecule has 6 nitrogen and oxygen atoms in total. The van der Waals surface area contributed by atoms with Crippen molar-refractivity contribution in [3.05, 3.63) is 76.2 Å². The molecule has 30 heavy (non-hydrogen) atoms. The third-order valence-electron chi connectivity index (χ3n) is 5.72. The van der Waals surface area contributed by atoms with Gasteiger partial charge in [-0.25, -0.2) is 9.59 Å². The van der Waals surface area contributed by atoms with Gasteiger partial charge in [0, 0.05) is 18.2 Å². The number of fused-ring (bicyclic) bond motifs is 3. The van der Waals surface area contributed by atoms with Crippen molar-refractivity contribution in [2.75, 3.05) is 6.61 Å². The number of thiazole rings is 1. The SMILES string of the molecule is O=C(O)C(c1cncs1)N(C(=O)OCC1c2ccccc2-c2ccccc21)C1CC1. The minimum absolute atomic E-state index is 0.0610. The predicted octanol–water partition coefficient (Wildman–Crippen LogP) is 4.68. The summed E-state index contributed by atoms with van der Waals surface area (Å²) < 4.78 is 5.74. The quantitative estimate of drug-likeness (QED) is 0.626. The Morgan fingerprint density at radius 3 is 2.27 bits per heavy atom. The minimum atomic E-state index is -1.07. The molecule has 1 unspecified atom stereocenters. The summed E-state index contributed by atoms with van der Waals surface area (Å²) in [6, 6.07) is 15.1. The lowest BCUT2D eigenvalue weighted by molar-refractivity contribution is -0.143. The molecule has 0 aliphatic heterocycles. The Morgan fingerprint density at radius 2 is 1.73 bits per heavy atom. The maximum Gasteiger partial charge on any atom is 0.411 e. The monoisotopic (exact) mass is 420 g/mol. The fourth-order valence-corrected chi connectivity index (χ4v) is 4.93. The number of carbonyl (C=O) groups excluding carboxylic acids is 1. The van der Waals surface area contributed by atoms with E-state index in [9.17, 15) is 14.7 Å². The minimum Gasteiger partial charge on any atom is -0.479 e. The second-order valence-corrected chi connectivity index (χ2v) is 8.50. The molecule has 1 amide bonds. The van der Waals surface area contributed by atoms with Gasteiger partial charge in [-0.05, 0) is 35.1 Å². The molecular formula is C23H20N2O4S. The Hall–Kier alpha value is -3.19. The third-order valence-corrected chi connectivity index (χ3v) is 6.55. The predicted molar refractivity (Wildman–Crippen MR) is 112 cm³/mol. The van der Waals surface area contributed by atoms with Crippen LogP contribution in [0.5, 0.6) is 0 Å². The molecular weight excluding hydrogens is 400 g/mol. The number of rotatable bonds is 6. The average molecular weight is 420 g/mol. The van der Waals surface area contributed by atoms with Crippen molar-refractivity contribution in [2.24, 2.45) is 0 Å². The first-order valence-corrected chi connectivity index (χ1v) is 10.8. The maximum absolute atomic E-state index is 13.1. The van der Waals surface area contributed by atoms with Crippen molar-refractivity contribution in [3.63, 3.8) is 0 Å². The van der Waals surface area contributed by atoms with Gasteiger partial charge in [-0.1, -0.05) is 48.5 Å². The molecule has 0 spiro atoms. The van der Waals surface area contributed by atoms with Gasteiger partial charge in [0.05, 0.1) is 10.4 Å². The molecule has 0 radical (unpaired) electrons. The van der Waals surface area contributed by atoms with Crippen LogP contribution in [0.15, 0.2) is 60.2 Å². The van der Waals surface area contributed by atoms with E-state index >= 15 is 0 Å². The molecule has 1 N–H and O–H groups in total. The van der Waals surface area contributed by atoms with Crippen LogP contribution < -0.4 is 0 Å². The molecule has 1 fully saturated rings. The van der Waals surface area contributed by atoms with Gasteiger partial charge in [-0.3, -0.25) is 9.88 Å². The van der Waals surface area contributed by atoms with Crippen molar-refractivity contribution >= 4 is 23.4 Å². The Labute approximate surface area is 177 Å². The van der Waals surface area contributed by atoms with Crippen molar-refractivity contribution in [2.45, 2.75) is 30.8 Å². The molecule has 3 aromatic rings. The summed E-state index contributed by atoms with van der Waals surface area (Å²) in [5, 5.41) is 9.81. The molecule has 1 aromatic heterocycles. The zero-order valence-electron chi connectivity index (χ0n) is 16.1. The molecule has 5 rings (SSSR count). The Kier molecular flexibility index (Phi) is 4.75. The van der Waals surface area contributed by atoms with Crippen LogP contribution in [0.2, 0.25) is 0 Å². The number of carbonyl (C=O) groups is 2. The Balaban J connectivity index is 1.39. The fourth-order valence-electron chi connectivity index (χ4n) is 4.22. The van der Waals surface area contributed by atoms with Gasteiger partial charge < -0.3 is 9.84 Å². The fraction of sp³-hybridized carbons (Fsp3) is 0.261. The van der Waals surface area contributed by atoms with Gasteiger partial charge in [0.15, 0.2) is 6.04 Å². The van der Waals surface area contributed by atoms with Crippen LogP contribution in [0.4, 0.5) is 4.79 Å². The number of aromatic nitrogens is 1. The summed E-state index contributed by atoms with van der Waals surface area (Å²) in [6.07, 6.45) is 2.50. The summed E-state index contributed by atoms with van der Waals surface area (Å²) in [5.74, 6) is -1.13. The topological polar surface area (TPSA) is 79.7 Å². The first-order chi connectivity index (χ1) is 14.6. The lowest BCUT2D eigenvalue weighted by Crippen LogP contribution is -2.41. The largest absolute Gasteiger partial charge is 0.479 e. The highest BCUT2D eigenvalue weighted by Crippen LogP contribution is 2.45. The number of hydrogen-bond acceptors (Lipinski definition) is 5. The zero-order valence-corrected chi connectivity index (χ0v) is 16.9. The van der Waals surface area contributed by atoms with Crippen LogP contribution in [-0.4, -0.2) is 39.7 Å². The van der Waals surface area contributed by atoms with E-state index in [0.29, 0.717) is 4.88 Å². The number of nitrogens with zero attached hydrogens (tertiary/aromatic N) is 2. The van der Waals surface area contributed by atoms with Crippen LogP contribution in [0.1, 0.15) is 40.8 Å². The first-order valence-electron chi connectivity index (χ1n) is 9.89. The number of aliphatic carboxylic acids is 1. The number of carboxylic acids is 1. The van der Waals surface area contributed by atoms with Crippen LogP contribution in [0.25, 0.3) is 11.1 Å². The summed E-state index contributed by atoms with van der Waals surface area (Å²) in [5.41, 5.74) is 6.14. The Bertz CT molecular complexity index is 1050. The van der Waals surface area contributed by atoms with Crippen molar-refractivity contribution in [1.82, 2.24) is 9.88 Å². The van der Waals surface area contributed by atoms with E-state index in [0.717, 1.165) is 35.1 Å². The van der Waals surface area contributed by atoms with Gasteiger partial charge in [0.1, 0.15) is 6.61 Å². The molecule has 0 saturated heterocycles. The lowest BCUT2D eigenvalue weighted by atomic mass is 9.98. The van der Waals surface area contributed by atoms with Crippen LogP contribution >= 0.6 is 11.3 Å². The molecule has 7 heteroatoms. The van der Waals surface area contributed by atoms with E-state index in [2.05, 4.69) is 29.2 Å². The number of amides is 1. The normalized spacial score (nSPS) is 15.9. The Morgan fingerprint density at radius 1 is 1.10 bits per heavy atom. The molecule has 152 valence electrons.